The van der Waals surface area contributed by atoms with E-state index in [4.69, 9.17) is 0 Å². The molecule has 0 N–H and O–H groups in total. The lowest BCUT2D eigenvalue weighted by Crippen LogP contribution is -2.37. The van der Waals surface area contributed by atoms with Gasteiger partial charge in [-0.25, -0.2) is 0 Å². The molecule has 0 spiro atoms. The van der Waals surface area contributed by atoms with Crippen LogP contribution in [-0.2, 0) is 14.4 Å². The zero-order chi connectivity index (χ0) is 16.5. The van der Waals surface area contributed by atoms with Gasteiger partial charge in [-0.1, -0.05) is 13.8 Å². The van der Waals surface area contributed by atoms with E-state index in [0.29, 0.717) is 6.42 Å². The van der Waals surface area contributed by atoms with Crippen molar-refractivity contribution in [3.05, 3.63) is 34.4 Å². The number of amides is 2. The molecule has 1 aliphatic rings. The van der Waals surface area contributed by atoms with Crippen molar-refractivity contribution in [2.45, 2.75) is 26.7 Å². The van der Waals surface area contributed by atoms with Crippen LogP contribution in [0.5, 0.6) is 0 Å². The molecule has 1 aromatic rings. The SMILES string of the molecule is CCC(C)(C=O)[C@@H]1CC(=O)N(c2ccc([N+](=O)[O-])cc2)C1=O. The van der Waals surface area contributed by atoms with E-state index in [0.717, 1.165) is 11.2 Å². The molecule has 1 saturated heterocycles. The summed E-state index contributed by atoms with van der Waals surface area (Å²) in [6, 6.07) is 5.20. The van der Waals surface area contributed by atoms with Crippen molar-refractivity contribution in [2.75, 3.05) is 4.90 Å². The molecule has 0 aliphatic carbocycles. The lowest BCUT2D eigenvalue weighted by atomic mass is 9.75. The molecule has 2 amide bonds. The smallest absolute Gasteiger partial charge is 0.269 e. The summed E-state index contributed by atoms with van der Waals surface area (Å²) < 4.78 is 0. The second-order valence-electron chi connectivity index (χ2n) is 5.57. The minimum atomic E-state index is -0.887. The molecule has 116 valence electrons. The number of nitro benzene ring substituents is 1. The van der Waals surface area contributed by atoms with Crippen LogP contribution in [0.15, 0.2) is 24.3 Å². The fourth-order valence-corrected chi connectivity index (χ4v) is 2.55. The van der Waals surface area contributed by atoms with E-state index >= 15 is 0 Å². The Bertz CT molecular complexity index is 640. The number of imide groups is 1. The molecule has 1 aromatic carbocycles. The van der Waals surface area contributed by atoms with Crippen molar-refractivity contribution >= 4 is 29.5 Å². The van der Waals surface area contributed by atoms with Crippen LogP contribution in [0.2, 0.25) is 0 Å². The molecule has 7 nitrogen and oxygen atoms in total. The van der Waals surface area contributed by atoms with Crippen molar-refractivity contribution in [3.63, 3.8) is 0 Å². The summed E-state index contributed by atoms with van der Waals surface area (Å²) in [5.41, 5.74) is -0.722. The summed E-state index contributed by atoms with van der Waals surface area (Å²) >= 11 is 0. The van der Waals surface area contributed by atoms with E-state index in [9.17, 15) is 24.5 Å². The average Bonchev–Trinajstić information content (AvgIpc) is 2.82. The summed E-state index contributed by atoms with van der Waals surface area (Å²) in [6.45, 7) is 3.45. The standard InChI is InChI=1S/C15H16N2O5/c1-3-15(2,9-18)12-8-13(19)16(14(12)20)10-4-6-11(7-5-10)17(21)22/h4-7,9,12H,3,8H2,1-2H3/t12-,15?/m1/s1. The highest BCUT2D eigenvalue weighted by molar-refractivity contribution is 6.21. The largest absolute Gasteiger partial charge is 0.303 e. The number of non-ortho nitro benzene ring substituents is 1. The van der Waals surface area contributed by atoms with Gasteiger partial charge in [-0.2, -0.15) is 0 Å². The minimum absolute atomic E-state index is 0.0289. The first-order chi connectivity index (χ1) is 10.3. The average molecular weight is 304 g/mol. The van der Waals surface area contributed by atoms with E-state index in [1.54, 1.807) is 13.8 Å². The summed E-state index contributed by atoms with van der Waals surface area (Å²) in [4.78, 5) is 47.1. The van der Waals surface area contributed by atoms with Gasteiger partial charge in [0.15, 0.2) is 0 Å². The normalized spacial score (nSPS) is 20.8. The topological polar surface area (TPSA) is 97.6 Å². The third-order valence-corrected chi connectivity index (χ3v) is 4.29. The predicted octanol–water partition coefficient (Wildman–Crippen LogP) is 2.09. The van der Waals surface area contributed by atoms with Crippen molar-refractivity contribution < 1.29 is 19.3 Å². The van der Waals surface area contributed by atoms with Crippen LogP contribution in [0, 0.1) is 21.4 Å². The molecule has 22 heavy (non-hydrogen) atoms. The van der Waals surface area contributed by atoms with Crippen LogP contribution in [0.4, 0.5) is 11.4 Å². The van der Waals surface area contributed by atoms with Crippen molar-refractivity contribution in [1.29, 1.82) is 0 Å². The number of carbonyl (C=O) groups is 3. The third-order valence-electron chi connectivity index (χ3n) is 4.29. The van der Waals surface area contributed by atoms with Gasteiger partial charge in [0.05, 0.1) is 16.5 Å². The molecule has 1 aliphatic heterocycles. The minimum Gasteiger partial charge on any atom is -0.303 e. The molecule has 0 aromatic heterocycles. The molecule has 1 fully saturated rings. The number of hydrogen-bond acceptors (Lipinski definition) is 5. The van der Waals surface area contributed by atoms with Gasteiger partial charge in [0.2, 0.25) is 11.8 Å². The van der Waals surface area contributed by atoms with Crippen LogP contribution in [0.1, 0.15) is 26.7 Å². The lowest BCUT2D eigenvalue weighted by Gasteiger charge is -2.26. The van der Waals surface area contributed by atoms with Gasteiger partial charge >= 0.3 is 0 Å². The number of anilines is 1. The van der Waals surface area contributed by atoms with Crippen LogP contribution >= 0.6 is 0 Å². The Morgan fingerprint density at radius 3 is 2.41 bits per heavy atom. The maximum atomic E-state index is 12.5. The zero-order valence-corrected chi connectivity index (χ0v) is 12.3. The Kier molecular flexibility index (Phi) is 4.07. The second kappa shape index (κ2) is 5.67. The Morgan fingerprint density at radius 2 is 1.95 bits per heavy atom. The van der Waals surface area contributed by atoms with Gasteiger partial charge < -0.3 is 4.79 Å². The van der Waals surface area contributed by atoms with Gasteiger partial charge in [0.25, 0.3) is 5.69 Å². The van der Waals surface area contributed by atoms with Gasteiger partial charge in [-0.05, 0) is 18.6 Å². The molecule has 7 heteroatoms. The molecule has 0 saturated carbocycles. The number of nitro groups is 1. The summed E-state index contributed by atoms with van der Waals surface area (Å²) in [7, 11) is 0. The summed E-state index contributed by atoms with van der Waals surface area (Å²) in [5, 5.41) is 10.6. The van der Waals surface area contributed by atoms with Gasteiger partial charge in [-0.3, -0.25) is 24.6 Å². The highest BCUT2D eigenvalue weighted by Gasteiger charge is 2.48. The Labute approximate surface area is 127 Å². The van der Waals surface area contributed by atoms with E-state index in [2.05, 4.69) is 0 Å². The quantitative estimate of drug-likeness (QED) is 0.359. The molecular formula is C15H16N2O5. The number of benzene rings is 1. The fourth-order valence-electron chi connectivity index (χ4n) is 2.55. The first-order valence-electron chi connectivity index (χ1n) is 6.91. The summed E-state index contributed by atoms with van der Waals surface area (Å²) in [6.07, 6.45) is 1.15. The monoisotopic (exact) mass is 304 g/mol. The van der Waals surface area contributed by atoms with E-state index in [1.807, 2.05) is 0 Å². The number of carbonyl (C=O) groups excluding carboxylic acids is 3. The number of rotatable bonds is 5. The van der Waals surface area contributed by atoms with Gasteiger partial charge in [0, 0.05) is 24.0 Å². The summed E-state index contributed by atoms with van der Waals surface area (Å²) in [5.74, 6) is -1.53. The van der Waals surface area contributed by atoms with Crippen LogP contribution in [-0.4, -0.2) is 23.0 Å². The predicted molar refractivity (Wildman–Crippen MR) is 78.2 cm³/mol. The van der Waals surface area contributed by atoms with Crippen LogP contribution in [0.25, 0.3) is 0 Å². The molecule has 2 rings (SSSR count). The molecule has 1 heterocycles. The first kappa shape index (κ1) is 15.8. The molecule has 0 bridgehead atoms. The van der Waals surface area contributed by atoms with Crippen LogP contribution < -0.4 is 4.90 Å². The Balaban J connectivity index is 2.33. The molecular weight excluding hydrogens is 288 g/mol. The van der Waals surface area contributed by atoms with E-state index in [1.165, 1.54) is 24.3 Å². The first-order valence-corrected chi connectivity index (χ1v) is 6.91. The molecule has 1 unspecified atom stereocenters. The molecule has 0 radical (unpaired) electrons. The van der Waals surface area contributed by atoms with Crippen molar-refractivity contribution in [1.82, 2.24) is 0 Å². The Hall–Kier alpha value is -2.57. The number of hydrogen-bond donors (Lipinski definition) is 0. The van der Waals surface area contributed by atoms with Gasteiger partial charge in [0.1, 0.15) is 6.29 Å². The zero-order valence-electron chi connectivity index (χ0n) is 12.3. The van der Waals surface area contributed by atoms with E-state index < -0.39 is 28.1 Å². The molecule has 2 atom stereocenters. The second-order valence-corrected chi connectivity index (χ2v) is 5.57. The maximum Gasteiger partial charge on any atom is 0.269 e. The highest BCUT2D eigenvalue weighted by Crippen LogP contribution is 2.39. The highest BCUT2D eigenvalue weighted by atomic mass is 16.6. The van der Waals surface area contributed by atoms with Crippen LogP contribution in [0.3, 0.4) is 0 Å². The third kappa shape index (κ3) is 2.49. The fraction of sp³-hybridized carbons (Fsp3) is 0.400. The number of nitrogens with zero attached hydrogens (tertiary/aromatic N) is 2. The lowest BCUT2D eigenvalue weighted by molar-refractivity contribution is -0.384. The number of aldehydes is 1. The van der Waals surface area contributed by atoms with Crippen molar-refractivity contribution in [3.8, 4) is 0 Å². The van der Waals surface area contributed by atoms with E-state index in [-0.39, 0.29) is 17.8 Å². The Morgan fingerprint density at radius 1 is 1.36 bits per heavy atom. The van der Waals surface area contributed by atoms with Crippen molar-refractivity contribution in [2.24, 2.45) is 11.3 Å². The van der Waals surface area contributed by atoms with Gasteiger partial charge in [-0.15, -0.1) is 0 Å². The maximum absolute atomic E-state index is 12.5.